The Kier molecular flexibility index (Phi) is 0.842. The number of nitrogens with zero attached hydrogens (tertiary/aromatic N) is 1. The fraction of sp³-hybridized carbons (Fsp3) is 0.875. The topological polar surface area (TPSA) is 12.4 Å². The van der Waals surface area contributed by atoms with Crippen LogP contribution in [0.2, 0.25) is 0 Å². The van der Waals surface area contributed by atoms with Gasteiger partial charge in [0, 0.05) is 18.2 Å². The molecule has 0 spiro atoms. The molecule has 50 valence electrons. The van der Waals surface area contributed by atoms with Crippen molar-refractivity contribution in [3.05, 3.63) is 0 Å². The first-order valence-corrected chi connectivity index (χ1v) is 3.71. The van der Waals surface area contributed by atoms with Crippen LogP contribution >= 0.6 is 0 Å². The van der Waals surface area contributed by atoms with Gasteiger partial charge < -0.3 is 0 Å². The second-order valence-corrected chi connectivity index (χ2v) is 3.57. The molecule has 9 heavy (non-hydrogen) atoms. The molecule has 3 fully saturated rings. The van der Waals surface area contributed by atoms with E-state index in [4.69, 9.17) is 0 Å². The third-order valence-electron chi connectivity index (χ3n) is 3.14. The molecule has 3 saturated carbocycles. The first-order valence-electron chi connectivity index (χ1n) is 3.71. The van der Waals surface area contributed by atoms with E-state index >= 15 is 0 Å². The highest BCUT2D eigenvalue weighted by atomic mass is 14.8. The van der Waals surface area contributed by atoms with Gasteiger partial charge >= 0.3 is 0 Å². The molecule has 0 aliphatic heterocycles. The average molecular weight is 123 g/mol. The second kappa shape index (κ2) is 1.39. The molecule has 0 saturated heterocycles. The van der Waals surface area contributed by atoms with Gasteiger partial charge in [0.25, 0.3) is 0 Å². The predicted octanol–water partition coefficient (Wildman–Crippen LogP) is 1.88. The SMILES string of the molecule is CN=C(C)C12CC(C1)C2. The van der Waals surface area contributed by atoms with Crippen molar-refractivity contribution in [3.63, 3.8) is 0 Å². The Morgan fingerprint density at radius 2 is 2.00 bits per heavy atom. The molecular formula is C8H13N. The lowest BCUT2D eigenvalue weighted by atomic mass is 9.43. The Balaban J connectivity index is 2.13. The summed E-state index contributed by atoms with van der Waals surface area (Å²) in [6, 6.07) is 0. The van der Waals surface area contributed by atoms with E-state index < -0.39 is 0 Å². The molecule has 0 aromatic heterocycles. The maximum atomic E-state index is 4.24. The Morgan fingerprint density at radius 3 is 2.11 bits per heavy atom. The summed E-state index contributed by atoms with van der Waals surface area (Å²) in [6.07, 6.45) is 4.32. The highest BCUT2D eigenvalue weighted by Gasteiger charge is 2.57. The first-order chi connectivity index (χ1) is 4.27. The molecule has 0 atom stereocenters. The van der Waals surface area contributed by atoms with Crippen LogP contribution in [-0.2, 0) is 0 Å². The minimum atomic E-state index is 0.624. The van der Waals surface area contributed by atoms with Crippen molar-refractivity contribution in [2.24, 2.45) is 16.3 Å². The maximum absolute atomic E-state index is 4.24. The van der Waals surface area contributed by atoms with Crippen molar-refractivity contribution < 1.29 is 0 Å². The van der Waals surface area contributed by atoms with Crippen molar-refractivity contribution in [1.82, 2.24) is 0 Å². The van der Waals surface area contributed by atoms with Gasteiger partial charge in [0.05, 0.1) is 0 Å². The van der Waals surface area contributed by atoms with Gasteiger partial charge in [-0.2, -0.15) is 0 Å². The number of rotatable bonds is 1. The van der Waals surface area contributed by atoms with Crippen LogP contribution in [0.25, 0.3) is 0 Å². The molecule has 0 heterocycles. The van der Waals surface area contributed by atoms with Gasteiger partial charge in [-0.25, -0.2) is 0 Å². The van der Waals surface area contributed by atoms with Gasteiger partial charge in [0.1, 0.15) is 0 Å². The third-order valence-corrected chi connectivity index (χ3v) is 3.14. The molecule has 0 N–H and O–H groups in total. The number of hydrogen-bond acceptors (Lipinski definition) is 1. The van der Waals surface area contributed by atoms with Gasteiger partial charge in [0.2, 0.25) is 0 Å². The molecule has 0 amide bonds. The molecule has 3 aliphatic rings. The molecule has 1 nitrogen and oxygen atoms in total. The van der Waals surface area contributed by atoms with Crippen molar-refractivity contribution >= 4 is 5.71 Å². The fourth-order valence-electron chi connectivity index (χ4n) is 2.16. The third kappa shape index (κ3) is 0.480. The Morgan fingerprint density at radius 1 is 1.44 bits per heavy atom. The van der Waals surface area contributed by atoms with Gasteiger partial charge in [-0.3, -0.25) is 4.99 Å². The Bertz CT molecular complexity index is 152. The highest BCUT2D eigenvalue weighted by molar-refractivity contribution is 5.90. The lowest BCUT2D eigenvalue weighted by molar-refractivity contribution is -0.0410. The summed E-state index contributed by atoms with van der Waals surface area (Å²) < 4.78 is 0. The Labute approximate surface area is 56.2 Å². The van der Waals surface area contributed by atoms with E-state index in [1.165, 1.54) is 25.0 Å². The summed E-state index contributed by atoms with van der Waals surface area (Å²) in [5, 5.41) is 0. The van der Waals surface area contributed by atoms with Crippen LogP contribution in [0.4, 0.5) is 0 Å². The molecule has 3 aliphatic carbocycles. The fourth-order valence-corrected chi connectivity index (χ4v) is 2.16. The summed E-state index contributed by atoms with van der Waals surface area (Å²) in [7, 11) is 1.91. The van der Waals surface area contributed by atoms with Crippen molar-refractivity contribution in [3.8, 4) is 0 Å². The van der Waals surface area contributed by atoms with Gasteiger partial charge in [-0.05, 0) is 32.1 Å². The molecule has 2 bridgehead atoms. The summed E-state index contributed by atoms with van der Waals surface area (Å²) >= 11 is 0. The number of aliphatic imine (C=N–C) groups is 1. The van der Waals surface area contributed by atoms with Crippen molar-refractivity contribution in [2.75, 3.05) is 7.05 Å². The standard InChI is InChI=1S/C8H13N/c1-6(9-2)8-3-7(4-8)5-8/h7H,3-5H2,1-2H3. The molecule has 0 radical (unpaired) electrons. The Hall–Kier alpha value is -0.330. The second-order valence-electron chi connectivity index (χ2n) is 3.57. The van der Waals surface area contributed by atoms with E-state index in [1.54, 1.807) is 0 Å². The minimum absolute atomic E-state index is 0.624. The van der Waals surface area contributed by atoms with E-state index in [2.05, 4.69) is 11.9 Å². The van der Waals surface area contributed by atoms with E-state index in [-0.39, 0.29) is 0 Å². The molecular weight excluding hydrogens is 110 g/mol. The van der Waals surface area contributed by atoms with E-state index in [0.717, 1.165) is 5.92 Å². The minimum Gasteiger partial charge on any atom is -0.297 e. The number of hydrogen-bond donors (Lipinski definition) is 0. The predicted molar refractivity (Wildman–Crippen MR) is 38.8 cm³/mol. The quantitative estimate of drug-likeness (QED) is 0.472. The largest absolute Gasteiger partial charge is 0.297 e. The monoisotopic (exact) mass is 123 g/mol. The van der Waals surface area contributed by atoms with Gasteiger partial charge in [0.15, 0.2) is 0 Å². The van der Waals surface area contributed by atoms with Crippen molar-refractivity contribution in [1.29, 1.82) is 0 Å². The lowest BCUT2D eigenvalue weighted by Gasteiger charge is -2.61. The normalized spacial score (nSPS) is 47.8. The maximum Gasteiger partial charge on any atom is 0.0276 e. The zero-order valence-corrected chi connectivity index (χ0v) is 6.15. The molecule has 3 rings (SSSR count). The van der Waals surface area contributed by atoms with E-state index in [9.17, 15) is 0 Å². The van der Waals surface area contributed by atoms with Crippen molar-refractivity contribution in [2.45, 2.75) is 26.2 Å². The van der Waals surface area contributed by atoms with E-state index in [0.29, 0.717) is 5.41 Å². The first kappa shape index (κ1) is 5.45. The van der Waals surface area contributed by atoms with Gasteiger partial charge in [-0.15, -0.1) is 0 Å². The summed E-state index contributed by atoms with van der Waals surface area (Å²) in [4.78, 5) is 4.24. The zero-order valence-electron chi connectivity index (χ0n) is 6.15. The average Bonchev–Trinajstić information content (AvgIpc) is 1.57. The van der Waals surface area contributed by atoms with Crippen LogP contribution in [0, 0.1) is 11.3 Å². The zero-order chi connectivity index (χ0) is 6.48. The highest BCUT2D eigenvalue weighted by Crippen LogP contribution is 2.64. The van der Waals surface area contributed by atoms with Gasteiger partial charge in [-0.1, -0.05) is 0 Å². The molecule has 0 unspecified atom stereocenters. The molecule has 0 aromatic carbocycles. The van der Waals surface area contributed by atoms with Crippen LogP contribution < -0.4 is 0 Å². The van der Waals surface area contributed by atoms with Crippen LogP contribution in [-0.4, -0.2) is 12.8 Å². The van der Waals surface area contributed by atoms with Crippen LogP contribution in [0.15, 0.2) is 4.99 Å². The van der Waals surface area contributed by atoms with Crippen LogP contribution in [0.5, 0.6) is 0 Å². The van der Waals surface area contributed by atoms with Crippen LogP contribution in [0.3, 0.4) is 0 Å². The van der Waals surface area contributed by atoms with E-state index in [1.807, 2.05) is 7.05 Å². The lowest BCUT2D eigenvalue weighted by Crippen LogP contribution is -2.55. The summed E-state index contributed by atoms with van der Waals surface area (Å²) in [5.41, 5.74) is 2.02. The summed E-state index contributed by atoms with van der Waals surface area (Å²) in [6.45, 7) is 2.18. The molecule has 1 heteroatoms. The summed E-state index contributed by atoms with van der Waals surface area (Å²) in [5.74, 6) is 1.08. The molecule has 0 aromatic rings. The smallest absolute Gasteiger partial charge is 0.0276 e. The van der Waals surface area contributed by atoms with Crippen LogP contribution in [0.1, 0.15) is 26.2 Å².